The van der Waals surface area contributed by atoms with Gasteiger partial charge < -0.3 is 0 Å². The van der Waals surface area contributed by atoms with Crippen LogP contribution in [0.3, 0.4) is 0 Å². The van der Waals surface area contributed by atoms with Crippen molar-refractivity contribution >= 4 is 27.6 Å². The Balaban J connectivity index is 1.91. The van der Waals surface area contributed by atoms with Crippen molar-refractivity contribution in [1.82, 2.24) is 0 Å². The molecule has 1 heterocycles. The molecule has 0 radical (unpaired) electrons. The Kier molecular flexibility index (Phi) is 5.87. The quantitative estimate of drug-likeness (QED) is 0.416. The van der Waals surface area contributed by atoms with Gasteiger partial charge in [-0.3, -0.25) is 4.55 Å². The first-order valence-corrected chi connectivity index (χ1v) is 11.2. The van der Waals surface area contributed by atoms with E-state index in [-0.39, 0.29) is 11.2 Å². The van der Waals surface area contributed by atoms with Gasteiger partial charge in [0, 0.05) is 24.1 Å². The largest absolute Gasteiger partial charge is 0.286 e. The molecule has 148 valence electrons. The zero-order valence-electron chi connectivity index (χ0n) is 16.7. The number of benzene rings is 2. The van der Waals surface area contributed by atoms with E-state index in [2.05, 4.69) is 80.0 Å². The molecule has 0 spiro atoms. The van der Waals surface area contributed by atoms with Crippen LogP contribution >= 0.6 is 0 Å². The summed E-state index contributed by atoms with van der Waals surface area (Å²) in [5, 5.41) is 0. The van der Waals surface area contributed by atoms with Crippen LogP contribution in [0.5, 0.6) is 0 Å². The molecule has 2 aromatic rings. The molecule has 1 N–H and O–H groups in total. The second-order valence-corrected chi connectivity index (χ2v) is 9.49. The molecule has 4 nitrogen and oxygen atoms in total. The number of aryl methyl sites for hydroxylation is 1. The second kappa shape index (κ2) is 8.02. The lowest BCUT2D eigenvalue weighted by molar-refractivity contribution is -0.438. The first-order chi connectivity index (χ1) is 13.2. The lowest BCUT2D eigenvalue weighted by Gasteiger charge is -2.15. The number of unbranched alkanes of at least 4 members (excludes halogenated alkanes) is 1. The summed E-state index contributed by atoms with van der Waals surface area (Å²) in [6, 6.07) is 16.8. The Morgan fingerprint density at radius 2 is 1.68 bits per heavy atom. The maximum absolute atomic E-state index is 11.0. The highest BCUT2D eigenvalue weighted by molar-refractivity contribution is 7.85. The summed E-state index contributed by atoms with van der Waals surface area (Å²) >= 11 is 0. The molecular weight excluding hydrogens is 370 g/mol. The summed E-state index contributed by atoms with van der Waals surface area (Å²) in [7, 11) is -3.91. The van der Waals surface area contributed by atoms with Crippen molar-refractivity contribution in [3.05, 3.63) is 71.3 Å². The van der Waals surface area contributed by atoms with Crippen molar-refractivity contribution in [3.63, 3.8) is 0 Å². The van der Waals surface area contributed by atoms with Crippen LogP contribution < -0.4 is 0 Å². The molecular formula is C23H28NO3S+. The van der Waals surface area contributed by atoms with Gasteiger partial charge in [0.15, 0.2) is 5.71 Å². The first kappa shape index (κ1) is 20.5. The van der Waals surface area contributed by atoms with Crippen LogP contribution in [0.2, 0.25) is 0 Å². The van der Waals surface area contributed by atoms with Crippen molar-refractivity contribution in [3.8, 4) is 0 Å². The molecule has 0 aliphatic carbocycles. The maximum atomic E-state index is 11.0. The second-order valence-electron chi connectivity index (χ2n) is 7.92. The number of fused-ring (bicyclic) bond motifs is 1. The molecule has 3 rings (SSSR count). The van der Waals surface area contributed by atoms with Crippen molar-refractivity contribution in [2.75, 3.05) is 12.3 Å². The standard InChI is InChI=1S/C23H27NO3S/c1-18-10-12-19(13-11-18)14-15-22-23(2,3)20-8-4-5-9-21(20)24(22)16-6-7-17-28(25,26)27/h4-5,8-15H,6-7,16-17H2,1-3H3/p+1/b15-14+. The lowest BCUT2D eigenvalue weighted by Crippen LogP contribution is -2.28. The summed E-state index contributed by atoms with van der Waals surface area (Å²) in [5.41, 5.74) is 5.88. The van der Waals surface area contributed by atoms with E-state index in [1.165, 1.54) is 22.5 Å². The van der Waals surface area contributed by atoms with E-state index < -0.39 is 10.1 Å². The molecule has 2 aromatic carbocycles. The Morgan fingerprint density at radius 1 is 1.00 bits per heavy atom. The molecule has 0 aromatic heterocycles. The maximum Gasteiger partial charge on any atom is 0.264 e. The Morgan fingerprint density at radius 3 is 2.36 bits per heavy atom. The van der Waals surface area contributed by atoms with E-state index in [0.717, 1.165) is 5.56 Å². The monoisotopic (exact) mass is 398 g/mol. The van der Waals surface area contributed by atoms with E-state index in [0.29, 0.717) is 19.4 Å². The Labute approximate surface area is 168 Å². The van der Waals surface area contributed by atoms with Gasteiger partial charge in [-0.2, -0.15) is 13.0 Å². The molecule has 0 unspecified atom stereocenters. The van der Waals surface area contributed by atoms with Gasteiger partial charge >= 0.3 is 0 Å². The van der Waals surface area contributed by atoms with Gasteiger partial charge in [0.2, 0.25) is 5.69 Å². The van der Waals surface area contributed by atoms with Crippen LogP contribution in [0.4, 0.5) is 5.69 Å². The van der Waals surface area contributed by atoms with Gasteiger partial charge in [-0.05, 0) is 38.8 Å². The van der Waals surface area contributed by atoms with Gasteiger partial charge in [0.1, 0.15) is 6.54 Å². The van der Waals surface area contributed by atoms with E-state index in [4.69, 9.17) is 4.55 Å². The number of nitrogens with zero attached hydrogens (tertiary/aromatic N) is 1. The highest BCUT2D eigenvalue weighted by Crippen LogP contribution is 2.40. The van der Waals surface area contributed by atoms with E-state index in [1.54, 1.807) is 0 Å². The third-order valence-electron chi connectivity index (χ3n) is 5.34. The predicted octanol–water partition coefficient (Wildman–Crippen LogP) is 4.75. The van der Waals surface area contributed by atoms with E-state index in [9.17, 15) is 8.42 Å². The molecule has 0 saturated carbocycles. The summed E-state index contributed by atoms with van der Waals surface area (Å²) in [6.45, 7) is 7.23. The SMILES string of the molecule is Cc1ccc(/C=C/C2=[N+](CCCCS(=O)(=O)O)c3ccccc3C2(C)C)cc1. The molecule has 0 saturated heterocycles. The summed E-state index contributed by atoms with van der Waals surface area (Å²) < 4.78 is 33.3. The normalized spacial score (nSPS) is 16.0. The average molecular weight is 399 g/mol. The molecule has 0 amide bonds. The van der Waals surface area contributed by atoms with Crippen molar-refractivity contribution in [2.24, 2.45) is 0 Å². The number of hydrogen-bond acceptors (Lipinski definition) is 2. The van der Waals surface area contributed by atoms with Crippen LogP contribution in [0, 0.1) is 6.92 Å². The molecule has 0 fully saturated rings. The molecule has 28 heavy (non-hydrogen) atoms. The van der Waals surface area contributed by atoms with Crippen LogP contribution in [-0.4, -0.2) is 35.6 Å². The number of rotatable bonds is 7. The third-order valence-corrected chi connectivity index (χ3v) is 6.15. The summed E-state index contributed by atoms with van der Waals surface area (Å²) in [5.74, 6) is -0.194. The summed E-state index contributed by atoms with van der Waals surface area (Å²) in [4.78, 5) is 0. The van der Waals surface area contributed by atoms with Gasteiger partial charge in [-0.1, -0.05) is 48.0 Å². The van der Waals surface area contributed by atoms with Crippen LogP contribution in [0.1, 0.15) is 43.4 Å². The molecule has 5 heteroatoms. The fourth-order valence-electron chi connectivity index (χ4n) is 3.79. The van der Waals surface area contributed by atoms with Gasteiger partial charge in [0.05, 0.1) is 11.2 Å². The minimum atomic E-state index is -3.91. The zero-order valence-corrected chi connectivity index (χ0v) is 17.5. The molecule has 1 aliphatic heterocycles. The average Bonchev–Trinajstić information content (AvgIpc) is 2.85. The Bertz CT molecular complexity index is 1020. The zero-order chi connectivity index (χ0) is 20.4. The third kappa shape index (κ3) is 4.59. The van der Waals surface area contributed by atoms with Crippen molar-refractivity contribution < 1.29 is 17.5 Å². The van der Waals surface area contributed by atoms with Crippen LogP contribution in [0.15, 0.2) is 54.6 Å². The first-order valence-electron chi connectivity index (χ1n) is 9.63. The topological polar surface area (TPSA) is 57.4 Å². The van der Waals surface area contributed by atoms with Crippen LogP contribution in [0.25, 0.3) is 6.08 Å². The van der Waals surface area contributed by atoms with E-state index in [1.807, 2.05) is 6.07 Å². The predicted molar refractivity (Wildman–Crippen MR) is 115 cm³/mol. The summed E-state index contributed by atoms with van der Waals surface area (Å²) in [6.07, 6.45) is 5.43. The fourth-order valence-corrected chi connectivity index (χ4v) is 4.36. The van der Waals surface area contributed by atoms with Crippen molar-refractivity contribution in [2.45, 2.75) is 39.0 Å². The minimum absolute atomic E-state index is 0.138. The van der Waals surface area contributed by atoms with E-state index >= 15 is 0 Å². The molecule has 1 aliphatic rings. The van der Waals surface area contributed by atoms with Crippen molar-refractivity contribution in [1.29, 1.82) is 0 Å². The highest BCUT2D eigenvalue weighted by Gasteiger charge is 2.43. The van der Waals surface area contributed by atoms with Gasteiger partial charge in [-0.25, -0.2) is 0 Å². The highest BCUT2D eigenvalue weighted by atomic mass is 32.2. The molecule has 0 atom stereocenters. The lowest BCUT2D eigenvalue weighted by atomic mass is 9.81. The van der Waals surface area contributed by atoms with Gasteiger partial charge in [-0.15, -0.1) is 0 Å². The smallest absolute Gasteiger partial charge is 0.264 e. The Hall–Kier alpha value is -2.24. The number of para-hydroxylation sites is 1. The molecule has 0 bridgehead atoms. The van der Waals surface area contributed by atoms with Gasteiger partial charge in [0.25, 0.3) is 10.1 Å². The number of allylic oxidation sites excluding steroid dienone is 1. The minimum Gasteiger partial charge on any atom is -0.286 e. The fraction of sp³-hybridized carbons (Fsp3) is 0.348. The number of hydrogen-bond donors (Lipinski definition) is 1. The van der Waals surface area contributed by atoms with Crippen LogP contribution in [-0.2, 0) is 15.5 Å².